The number of hydrogen-bond acceptors (Lipinski definition) is 9. The molecule has 1 saturated carbocycles. The van der Waals surface area contributed by atoms with E-state index in [9.17, 15) is 10.1 Å². The lowest BCUT2D eigenvalue weighted by atomic mass is 9.81. The Labute approximate surface area is 251 Å². The second-order valence-electron chi connectivity index (χ2n) is 11.8. The Hall–Kier alpha value is -4.52. The molecule has 3 aliphatic rings. The maximum atomic E-state index is 13.1. The summed E-state index contributed by atoms with van der Waals surface area (Å²) >= 11 is 0. The number of ether oxygens (including phenoxy) is 1. The van der Waals surface area contributed by atoms with Crippen molar-refractivity contribution in [2.75, 3.05) is 42.6 Å². The topological polar surface area (TPSA) is 113 Å². The van der Waals surface area contributed by atoms with Crippen LogP contribution in [0, 0.1) is 17.2 Å². The molecule has 3 fully saturated rings. The van der Waals surface area contributed by atoms with Crippen molar-refractivity contribution in [3.05, 3.63) is 54.1 Å². The van der Waals surface area contributed by atoms with Crippen molar-refractivity contribution >= 4 is 28.6 Å². The van der Waals surface area contributed by atoms with Crippen molar-refractivity contribution in [3.63, 3.8) is 0 Å². The number of aromatic nitrogens is 5. The number of hydrogen-bond donors (Lipinski definition) is 0. The van der Waals surface area contributed by atoms with Gasteiger partial charge in [-0.1, -0.05) is 6.42 Å². The molecule has 10 nitrogen and oxygen atoms in total. The number of fused-ring (bicyclic) bond motifs is 1. The SMILES string of the molecule is CCOC(=O)c1cc(-c2ccc(N3CCC(C#N)CC3)nc2)c2c(C3CCC3)nn(-c3ccnc(N4CCCC4)c3)c2n1. The summed E-state index contributed by atoms with van der Waals surface area (Å²) in [4.78, 5) is 32.0. The maximum Gasteiger partial charge on any atom is 0.357 e. The van der Waals surface area contributed by atoms with Crippen LogP contribution in [0.15, 0.2) is 42.7 Å². The highest BCUT2D eigenvalue weighted by Gasteiger charge is 2.30. The summed E-state index contributed by atoms with van der Waals surface area (Å²) in [5, 5.41) is 15.4. The van der Waals surface area contributed by atoms with Crippen LogP contribution < -0.4 is 9.80 Å². The van der Waals surface area contributed by atoms with Gasteiger partial charge in [-0.25, -0.2) is 24.4 Å². The average Bonchev–Trinajstić information content (AvgIpc) is 3.70. The van der Waals surface area contributed by atoms with Gasteiger partial charge in [0.05, 0.1) is 29.4 Å². The minimum absolute atomic E-state index is 0.121. The van der Waals surface area contributed by atoms with Gasteiger partial charge in [0.2, 0.25) is 0 Å². The van der Waals surface area contributed by atoms with Crippen molar-refractivity contribution < 1.29 is 9.53 Å². The van der Waals surface area contributed by atoms with Crippen LogP contribution in [-0.4, -0.2) is 63.5 Å². The Morgan fingerprint density at radius 3 is 2.44 bits per heavy atom. The number of rotatable bonds is 7. The predicted molar refractivity (Wildman–Crippen MR) is 164 cm³/mol. The van der Waals surface area contributed by atoms with Crippen molar-refractivity contribution in [1.29, 1.82) is 5.26 Å². The summed E-state index contributed by atoms with van der Waals surface area (Å²) in [7, 11) is 0. The first kappa shape index (κ1) is 27.3. The van der Waals surface area contributed by atoms with Gasteiger partial charge in [0.1, 0.15) is 11.6 Å². The third-order valence-corrected chi connectivity index (χ3v) is 9.11. The van der Waals surface area contributed by atoms with E-state index in [1.807, 2.05) is 35.3 Å². The summed E-state index contributed by atoms with van der Waals surface area (Å²) in [6.07, 6.45) is 11.1. The molecule has 0 spiro atoms. The predicted octanol–water partition coefficient (Wildman–Crippen LogP) is 5.66. The molecule has 0 atom stereocenters. The number of pyridine rings is 3. The first-order valence-corrected chi connectivity index (χ1v) is 15.6. The molecule has 0 aromatic carbocycles. The first-order valence-electron chi connectivity index (χ1n) is 15.6. The van der Waals surface area contributed by atoms with E-state index in [0.717, 1.165) is 91.4 Å². The van der Waals surface area contributed by atoms with Crippen LogP contribution in [0.1, 0.15) is 74.0 Å². The molecule has 10 heteroatoms. The van der Waals surface area contributed by atoms with Gasteiger partial charge in [-0.05, 0) is 75.3 Å². The van der Waals surface area contributed by atoms with Crippen LogP contribution in [0.5, 0.6) is 0 Å². The summed E-state index contributed by atoms with van der Waals surface area (Å²) in [6, 6.07) is 12.4. The van der Waals surface area contributed by atoms with E-state index < -0.39 is 5.97 Å². The number of carbonyl (C=O) groups excluding carboxylic acids is 1. The van der Waals surface area contributed by atoms with Crippen molar-refractivity contribution in [3.8, 4) is 22.9 Å². The van der Waals surface area contributed by atoms with E-state index in [2.05, 4.69) is 33.0 Å². The van der Waals surface area contributed by atoms with Gasteiger partial charge < -0.3 is 14.5 Å². The van der Waals surface area contributed by atoms with Crippen LogP contribution in [-0.2, 0) is 4.74 Å². The molecule has 4 aromatic heterocycles. The number of nitrogens with zero attached hydrogens (tertiary/aromatic N) is 8. The third-order valence-electron chi connectivity index (χ3n) is 9.11. The zero-order valence-electron chi connectivity index (χ0n) is 24.6. The molecule has 220 valence electrons. The lowest BCUT2D eigenvalue weighted by molar-refractivity contribution is 0.0520. The van der Waals surface area contributed by atoms with Crippen LogP contribution in [0.25, 0.3) is 27.8 Å². The van der Waals surface area contributed by atoms with Crippen LogP contribution in [0.3, 0.4) is 0 Å². The van der Waals surface area contributed by atoms with Gasteiger partial charge in [-0.2, -0.15) is 10.4 Å². The molecule has 2 saturated heterocycles. The second kappa shape index (κ2) is 11.6. The fourth-order valence-corrected chi connectivity index (χ4v) is 6.46. The minimum atomic E-state index is -0.457. The van der Waals surface area contributed by atoms with E-state index in [1.165, 1.54) is 19.3 Å². The maximum absolute atomic E-state index is 13.1. The third kappa shape index (κ3) is 5.18. The monoisotopic (exact) mass is 576 g/mol. The number of esters is 1. The van der Waals surface area contributed by atoms with Gasteiger partial charge in [0.25, 0.3) is 0 Å². The molecule has 0 unspecified atom stereocenters. The highest BCUT2D eigenvalue weighted by Crippen LogP contribution is 2.43. The number of nitriles is 1. The molecule has 1 aliphatic carbocycles. The van der Waals surface area contributed by atoms with Gasteiger partial charge in [0.15, 0.2) is 11.3 Å². The summed E-state index contributed by atoms with van der Waals surface area (Å²) in [5.74, 6) is 1.84. The minimum Gasteiger partial charge on any atom is -0.461 e. The lowest BCUT2D eigenvalue weighted by Gasteiger charge is -2.30. The number of anilines is 2. The molecule has 7 rings (SSSR count). The lowest BCUT2D eigenvalue weighted by Crippen LogP contribution is -2.33. The Bertz CT molecular complexity index is 1670. The summed E-state index contributed by atoms with van der Waals surface area (Å²) < 4.78 is 7.30. The molecule has 0 bridgehead atoms. The van der Waals surface area contributed by atoms with E-state index in [4.69, 9.17) is 19.8 Å². The van der Waals surface area contributed by atoms with Gasteiger partial charge >= 0.3 is 5.97 Å². The van der Waals surface area contributed by atoms with Crippen molar-refractivity contribution in [2.24, 2.45) is 5.92 Å². The van der Waals surface area contributed by atoms with Crippen LogP contribution in [0.2, 0.25) is 0 Å². The van der Waals surface area contributed by atoms with Gasteiger partial charge in [-0.15, -0.1) is 0 Å². The number of carbonyl (C=O) groups is 1. The molecule has 6 heterocycles. The van der Waals surface area contributed by atoms with E-state index in [1.54, 1.807) is 6.92 Å². The molecular weight excluding hydrogens is 540 g/mol. The molecule has 4 aromatic rings. The second-order valence-corrected chi connectivity index (χ2v) is 11.8. The quantitative estimate of drug-likeness (QED) is 0.257. The van der Waals surface area contributed by atoms with E-state index >= 15 is 0 Å². The van der Waals surface area contributed by atoms with Crippen LogP contribution >= 0.6 is 0 Å². The highest BCUT2D eigenvalue weighted by molar-refractivity contribution is 6.00. The van der Waals surface area contributed by atoms with E-state index in [0.29, 0.717) is 11.6 Å². The van der Waals surface area contributed by atoms with Crippen molar-refractivity contribution in [1.82, 2.24) is 24.7 Å². The Balaban J connectivity index is 1.35. The van der Waals surface area contributed by atoms with Gasteiger partial charge in [0, 0.05) is 62.0 Å². The smallest absolute Gasteiger partial charge is 0.357 e. The Morgan fingerprint density at radius 1 is 0.977 bits per heavy atom. The molecular formula is C33H36N8O2. The Morgan fingerprint density at radius 2 is 1.77 bits per heavy atom. The molecule has 0 amide bonds. The fraction of sp³-hybridized carbons (Fsp3) is 0.455. The first-order chi connectivity index (χ1) is 21.1. The fourth-order valence-electron chi connectivity index (χ4n) is 6.46. The van der Waals surface area contributed by atoms with E-state index in [-0.39, 0.29) is 18.2 Å². The Kier molecular flexibility index (Phi) is 7.39. The molecule has 0 N–H and O–H groups in total. The molecule has 2 aliphatic heterocycles. The normalized spacial score (nSPS) is 17.7. The molecule has 0 radical (unpaired) electrons. The van der Waals surface area contributed by atoms with Crippen LogP contribution in [0.4, 0.5) is 11.6 Å². The molecule has 43 heavy (non-hydrogen) atoms. The van der Waals surface area contributed by atoms with Crippen molar-refractivity contribution in [2.45, 2.75) is 57.8 Å². The number of piperidine rings is 1. The summed E-state index contributed by atoms with van der Waals surface area (Å²) in [6.45, 7) is 5.71. The highest BCUT2D eigenvalue weighted by atomic mass is 16.5. The summed E-state index contributed by atoms with van der Waals surface area (Å²) in [5.41, 5.74) is 4.58. The van der Waals surface area contributed by atoms with Gasteiger partial charge in [-0.3, -0.25) is 0 Å². The zero-order chi connectivity index (χ0) is 29.3. The standard InChI is InChI=1S/C33H36N8O2/c1-2-43-33(42)27-19-26(24-8-9-28(36-21-24)40-16-11-22(20-34)12-17-40)30-31(23-6-5-7-23)38-41(32(30)37-27)25-10-13-35-29(18-25)39-14-3-4-15-39/h8-10,13,18-19,21-23H,2-7,11-12,14-17H2,1H3. The average molecular weight is 577 g/mol. The largest absolute Gasteiger partial charge is 0.461 e. The zero-order valence-corrected chi connectivity index (χ0v) is 24.6.